The Morgan fingerprint density at radius 3 is 2.41 bits per heavy atom. The first-order chi connectivity index (χ1) is 8.33. The van der Waals surface area contributed by atoms with Gasteiger partial charge in [-0.25, -0.2) is 0 Å². The molecular formula is C14H21N3. The van der Waals surface area contributed by atoms with Gasteiger partial charge >= 0.3 is 0 Å². The summed E-state index contributed by atoms with van der Waals surface area (Å²) in [6, 6.07) is 12.9. The summed E-state index contributed by atoms with van der Waals surface area (Å²) in [5.74, 6) is 0. The Labute approximate surface area is 104 Å². The standard InChI is InChI=1S/C14H21N3/c1-3-17(4-2)14(12-16-11-10-15)13-8-6-5-7-9-13/h5-9,14,16H,3-4,11-12H2,1-2H3. The fraction of sp³-hybridized carbons (Fsp3) is 0.500. The summed E-state index contributed by atoms with van der Waals surface area (Å²) in [7, 11) is 0. The maximum Gasteiger partial charge on any atom is 0.0841 e. The van der Waals surface area contributed by atoms with Crippen LogP contribution < -0.4 is 5.32 Å². The van der Waals surface area contributed by atoms with E-state index >= 15 is 0 Å². The SMILES string of the molecule is CCN(CC)C(CNCC#N)c1ccccc1. The zero-order chi connectivity index (χ0) is 12.5. The van der Waals surface area contributed by atoms with Crippen LogP contribution in [0.3, 0.4) is 0 Å². The van der Waals surface area contributed by atoms with Crippen LogP contribution in [-0.2, 0) is 0 Å². The second kappa shape index (κ2) is 7.83. The van der Waals surface area contributed by atoms with Crippen molar-refractivity contribution in [2.24, 2.45) is 0 Å². The summed E-state index contributed by atoms with van der Waals surface area (Å²) in [6.07, 6.45) is 0. The lowest BCUT2D eigenvalue weighted by molar-refractivity contribution is 0.215. The van der Waals surface area contributed by atoms with Gasteiger partial charge in [0.2, 0.25) is 0 Å². The van der Waals surface area contributed by atoms with Gasteiger partial charge in [-0.15, -0.1) is 0 Å². The summed E-state index contributed by atoms with van der Waals surface area (Å²) in [5, 5.41) is 11.8. The average molecular weight is 231 g/mol. The van der Waals surface area contributed by atoms with Gasteiger partial charge in [0.05, 0.1) is 12.6 Å². The molecule has 0 amide bonds. The van der Waals surface area contributed by atoms with E-state index in [1.165, 1.54) is 5.56 Å². The lowest BCUT2D eigenvalue weighted by Crippen LogP contribution is -2.35. The molecule has 3 nitrogen and oxygen atoms in total. The van der Waals surface area contributed by atoms with Crippen LogP contribution in [0.15, 0.2) is 30.3 Å². The molecule has 1 aromatic carbocycles. The summed E-state index contributed by atoms with van der Waals surface area (Å²) in [6.45, 7) is 7.60. The van der Waals surface area contributed by atoms with Gasteiger partial charge in [-0.1, -0.05) is 44.2 Å². The molecule has 0 bridgehead atoms. The Kier molecular flexibility index (Phi) is 6.31. The van der Waals surface area contributed by atoms with Crippen molar-refractivity contribution in [1.82, 2.24) is 10.2 Å². The van der Waals surface area contributed by atoms with Crippen LogP contribution in [0, 0.1) is 11.3 Å². The van der Waals surface area contributed by atoms with Gasteiger partial charge in [0, 0.05) is 12.6 Å². The van der Waals surface area contributed by atoms with Gasteiger partial charge in [-0.3, -0.25) is 4.90 Å². The maximum atomic E-state index is 8.58. The van der Waals surface area contributed by atoms with Crippen LogP contribution >= 0.6 is 0 Å². The third-order valence-electron chi connectivity index (χ3n) is 2.98. The number of benzene rings is 1. The third kappa shape index (κ3) is 4.18. The number of nitrogens with zero attached hydrogens (tertiary/aromatic N) is 2. The quantitative estimate of drug-likeness (QED) is 0.577. The summed E-state index contributed by atoms with van der Waals surface area (Å²) >= 11 is 0. The topological polar surface area (TPSA) is 39.1 Å². The number of nitriles is 1. The summed E-state index contributed by atoms with van der Waals surface area (Å²) < 4.78 is 0. The fourth-order valence-corrected chi connectivity index (χ4v) is 2.06. The van der Waals surface area contributed by atoms with E-state index in [-0.39, 0.29) is 0 Å². The van der Waals surface area contributed by atoms with Crippen molar-refractivity contribution in [3.05, 3.63) is 35.9 Å². The zero-order valence-corrected chi connectivity index (χ0v) is 10.7. The monoisotopic (exact) mass is 231 g/mol. The van der Waals surface area contributed by atoms with Crippen molar-refractivity contribution in [2.75, 3.05) is 26.2 Å². The van der Waals surface area contributed by atoms with E-state index in [4.69, 9.17) is 5.26 Å². The minimum absolute atomic E-state index is 0.347. The van der Waals surface area contributed by atoms with Crippen LogP contribution in [0.1, 0.15) is 25.5 Å². The lowest BCUT2D eigenvalue weighted by atomic mass is 10.1. The van der Waals surface area contributed by atoms with Gasteiger partial charge < -0.3 is 5.32 Å². The van der Waals surface area contributed by atoms with Crippen molar-refractivity contribution in [1.29, 1.82) is 5.26 Å². The van der Waals surface area contributed by atoms with Crippen LogP contribution in [0.25, 0.3) is 0 Å². The fourth-order valence-electron chi connectivity index (χ4n) is 2.06. The average Bonchev–Trinajstić information content (AvgIpc) is 2.39. The van der Waals surface area contributed by atoms with Gasteiger partial charge in [0.15, 0.2) is 0 Å². The molecule has 0 heterocycles. The molecule has 1 unspecified atom stereocenters. The van der Waals surface area contributed by atoms with E-state index in [1.807, 2.05) is 6.07 Å². The maximum absolute atomic E-state index is 8.58. The molecule has 0 aliphatic carbocycles. The van der Waals surface area contributed by atoms with E-state index in [9.17, 15) is 0 Å². The van der Waals surface area contributed by atoms with Gasteiger partial charge in [0.1, 0.15) is 0 Å². The highest BCUT2D eigenvalue weighted by Gasteiger charge is 2.16. The Balaban J connectivity index is 2.75. The number of hydrogen-bond donors (Lipinski definition) is 1. The minimum Gasteiger partial charge on any atom is -0.303 e. The van der Waals surface area contributed by atoms with Gasteiger partial charge in [-0.05, 0) is 18.7 Å². The molecule has 92 valence electrons. The van der Waals surface area contributed by atoms with Crippen molar-refractivity contribution in [3.8, 4) is 6.07 Å². The van der Waals surface area contributed by atoms with Gasteiger partial charge in [-0.2, -0.15) is 5.26 Å². The number of hydrogen-bond acceptors (Lipinski definition) is 3. The van der Waals surface area contributed by atoms with Crippen molar-refractivity contribution in [3.63, 3.8) is 0 Å². The highest BCUT2D eigenvalue weighted by atomic mass is 15.2. The molecule has 0 aromatic heterocycles. The second-order valence-electron chi connectivity index (χ2n) is 3.94. The molecule has 17 heavy (non-hydrogen) atoms. The van der Waals surface area contributed by atoms with E-state index in [2.05, 4.69) is 54.4 Å². The van der Waals surface area contributed by atoms with Crippen molar-refractivity contribution >= 4 is 0 Å². The van der Waals surface area contributed by atoms with Crippen LogP contribution in [0.5, 0.6) is 0 Å². The molecule has 0 aliphatic rings. The van der Waals surface area contributed by atoms with Crippen LogP contribution in [0.4, 0.5) is 0 Å². The highest BCUT2D eigenvalue weighted by molar-refractivity contribution is 5.19. The first kappa shape index (κ1) is 13.7. The van der Waals surface area contributed by atoms with E-state index in [1.54, 1.807) is 0 Å². The smallest absolute Gasteiger partial charge is 0.0841 e. The van der Waals surface area contributed by atoms with E-state index in [0.29, 0.717) is 12.6 Å². The minimum atomic E-state index is 0.347. The lowest BCUT2D eigenvalue weighted by Gasteiger charge is -2.30. The molecule has 1 atom stereocenters. The molecule has 0 saturated carbocycles. The summed E-state index contributed by atoms with van der Waals surface area (Å²) in [5.41, 5.74) is 1.31. The Hall–Kier alpha value is -1.37. The molecule has 0 aliphatic heterocycles. The molecule has 0 spiro atoms. The van der Waals surface area contributed by atoms with Crippen LogP contribution in [0.2, 0.25) is 0 Å². The van der Waals surface area contributed by atoms with Crippen molar-refractivity contribution in [2.45, 2.75) is 19.9 Å². The molecule has 1 aromatic rings. The summed E-state index contributed by atoms with van der Waals surface area (Å²) in [4.78, 5) is 2.40. The third-order valence-corrected chi connectivity index (χ3v) is 2.98. The molecule has 0 saturated heterocycles. The predicted molar refractivity (Wildman–Crippen MR) is 70.6 cm³/mol. The van der Waals surface area contributed by atoms with E-state index in [0.717, 1.165) is 19.6 Å². The Morgan fingerprint density at radius 1 is 1.24 bits per heavy atom. The number of rotatable bonds is 7. The second-order valence-corrected chi connectivity index (χ2v) is 3.94. The molecule has 0 fully saturated rings. The van der Waals surface area contributed by atoms with Crippen LogP contribution in [-0.4, -0.2) is 31.1 Å². The Morgan fingerprint density at radius 2 is 1.88 bits per heavy atom. The molecule has 0 radical (unpaired) electrons. The zero-order valence-electron chi connectivity index (χ0n) is 10.7. The highest BCUT2D eigenvalue weighted by Crippen LogP contribution is 2.19. The molecular weight excluding hydrogens is 210 g/mol. The van der Waals surface area contributed by atoms with E-state index < -0.39 is 0 Å². The Bertz CT molecular complexity index is 338. The molecule has 1 rings (SSSR count). The number of likely N-dealkylation sites (N-methyl/N-ethyl adjacent to an activating group) is 1. The van der Waals surface area contributed by atoms with Gasteiger partial charge in [0.25, 0.3) is 0 Å². The molecule has 1 N–H and O–H groups in total. The predicted octanol–water partition coefficient (Wildman–Crippen LogP) is 2.18. The first-order valence-corrected chi connectivity index (χ1v) is 6.20. The first-order valence-electron chi connectivity index (χ1n) is 6.20. The normalized spacial score (nSPS) is 12.4. The largest absolute Gasteiger partial charge is 0.303 e. The molecule has 3 heteroatoms. The van der Waals surface area contributed by atoms with Crippen molar-refractivity contribution < 1.29 is 0 Å². The number of nitrogens with one attached hydrogen (secondary N) is 1.